The number of nitrogens with one attached hydrogen (secondary N) is 1. The Morgan fingerprint density at radius 3 is 2.88 bits per heavy atom. The van der Waals surface area contributed by atoms with Crippen molar-refractivity contribution in [1.29, 1.82) is 0 Å². The SMILES string of the molecule is C=C(Cl)COc1ccc(Br)cc1C(C)NCC. The Hall–Kier alpha value is -0.510. The average molecular weight is 319 g/mol. The molecule has 0 saturated heterocycles. The number of benzene rings is 1. The zero-order valence-corrected chi connectivity index (χ0v) is 12.4. The number of hydrogen-bond donors (Lipinski definition) is 1. The van der Waals surface area contributed by atoms with Gasteiger partial charge in [0.05, 0.1) is 0 Å². The maximum absolute atomic E-state index is 5.71. The van der Waals surface area contributed by atoms with E-state index in [9.17, 15) is 0 Å². The third-order valence-corrected chi connectivity index (χ3v) is 2.94. The Morgan fingerprint density at radius 1 is 1.59 bits per heavy atom. The minimum Gasteiger partial charge on any atom is -0.488 e. The fourth-order valence-corrected chi connectivity index (χ4v) is 1.99. The van der Waals surface area contributed by atoms with Crippen molar-refractivity contribution in [2.24, 2.45) is 0 Å². The lowest BCUT2D eigenvalue weighted by atomic mass is 10.1. The van der Waals surface area contributed by atoms with E-state index in [4.69, 9.17) is 16.3 Å². The lowest BCUT2D eigenvalue weighted by Gasteiger charge is -2.18. The summed E-state index contributed by atoms with van der Waals surface area (Å²) in [5, 5.41) is 3.86. The molecule has 1 N–H and O–H groups in total. The van der Waals surface area contributed by atoms with Crippen LogP contribution in [0.5, 0.6) is 5.75 Å². The predicted octanol–water partition coefficient (Wildman–Crippen LogP) is 4.25. The van der Waals surface area contributed by atoms with Crippen LogP contribution in [-0.2, 0) is 0 Å². The van der Waals surface area contributed by atoms with Gasteiger partial charge in [-0.05, 0) is 31.7 Å². The molecule has 4 heteroatoms. The maximum atomic E-state index is 5.71. The van der Waals surface area contributed by atoms with Crippen LogP contribution in [0.25, 0.3) is 0 Å². The topological polar surface area (TPSA) is 21.3 Å². The summed E-state index contributed by atoms with van der Waals surface area (Å²) in [6.07, 6.45) is 0. The van der Waals surface area contributed by atoms with Crippen molar-refractivity contribution in [3.63, 3.8) is 0 Å². The Balaban J connectivity index is 2.90. The summed E-state index contributed by atoms with van der Waals surface area (Å²) in [5.74, 6) is 0.837. The molecule has 1 rings (SSSR count). The van der Waals surface area contributed by atoms with Crippen molar-refractivity contribution in [3.8, 4) is 5.75 Å². The van der Waals surface area contributed by atoms with Crippen molar-refractivity contribution in [2.45, 2.75) is 19.9 Å². The highest BCUT2D eigenvalue weighted by atomic mass is 79.9. The second-order valence-electron chi connectivity index (χ2n) is 3.77. The minimum atomic E-state index is 0.232. The monoisotopic (exact) mass is 317 g/mol. The molecule has 2 nitrogen and oxygen atoms in total. The molecular weight excluding hydrogens is 302 g/mol. The predicted molar refractivity (Wildman–Crippen MR) is 76.7 cm³/mol. The Labute approximate surface area is 116 Å². The second-order valence-corrected chi connectivity index (χ2v) is 5.22. The van der Waals surface area contributed by atoms with Crippen LogP contribution in [0, 0.1) is 0 Å². The molecule has 0 fully saturated rings. The van der Waals surface area contributed by atoms with Crippen molar-refractivity contribution in [3.05, 3.63) is 39.8 Å². The summed E-state index contributed by atoms with van der Waals surface area (Å²) in [7, 11) is 0. The van der Waals surface area contributed by atoms with Gasteiger partial charge in [0, 0.05) is 21.1 Å². The fraction of sp³-hybridized carbons (Fsp3) is 0.385. The maximum Gasteiger partial charge on any atom is 0.124 e. The van der Waals surface area contributed by atoms with Crippen molar-refractivity contribution < 1.29 is 4.74 Å². The largest absolute Gasteiger partial charge is 0.488 e. The quantitative estimate of drug-likeness (QED) is 0.846. The minimum absolute atomic E-state index is 0.232. The second kappa shape index (κ2) is 7.04. The highest BCUT2D eigenvalue weighted by Gasteiger charge is 2.11. The van der Waals surface area contributed by atoms with E-state index < -0.39 is 0 Å². The molecule has 0 aliphatic heterocycles. The summed E-state index contributed by atoms with van der Waals surface area (Å²) in [4.78, 5) is 0. The Bertz CT molecular complexity index is 395. The number of ether oxygens (including phenoxy) is 1. The number of hydrogen-bond acceptors (Lipinski definition) is 2. The van der Waals surface area contributed by atoms with Crippen LogP contribution >= 0.6 is 27.5 Å². The first-order valence-corrected chi connectivity index (χ1v) is 6.70. The highest BCUT2D eigenvalue weighted by molar-refractivity contribution is 9.10. The van der Waals surface area contributed by atoms with Crippen molar-refractivity contribution in [1.82, 2.24) is 5.32 Å². The van der Waals surface area contributed by atoms with E-state index in [1.54, 1.807) is 0 Å². The average Bonchev–Trinajstić information content (AvgIpc) is 2.27. The molecule has 0 saturated carbocycles. The summed E-state index contributed by atoms with van der Waals surface area (Å²) in [5.41, 5.74) is 1.11. The summed E-state index contributed by atoms with van der Waals surface area (Å²) < 4.78 is 6.67. The van der Waals surface area contributed by atoms with E-state index in [1.165, 1.54) is 0 Å². The van der Waals surface area contributed by atoms with Crippen molar-refractivity contribution >= 4 is 27.5 Å². The van der Waals surface area contributed by atoms with Crippen LogP contribution in [0.4, 0.5) is 0 Å². The number of rotatable bonds is 6. The molecule has 0 spiro atoms. The van der Waals surface area contributed by atoms with Crippen LogP contribution in [0.3, 0.4) is 0 Å². The van der Waals surface area contributed by atoms with Crippen LogP contribution in [0.1, 0.15) is 25.5 Å². The zero-order chi connectivity index (χ0) is 12.8. The third-order valence-electron chi connectivity index (χ3n) is 2.33. The molecular formula is C13H17BrClNO. The molecule has 0 aromatic heterocycles. The van der Waals surface area contributed by atoms with Gasteiger partial charge in [0.2, 0.25) is 0 Å². The van der Waals surface area contributed by atoms with Gasteiger partial charge in [-0.15, -0.1) is 0 Å². The van der Waals surface area contributed by atoms with Gasteiger partial charge in [-0.1, -0.05) is 41.0 Å². The molecule has 0 radical (unpaired) electrons. The van der Waals surface area contributed by atoms with E-state index in [-0.39, 0.29) is 6.04 Å². The van der Waals surface area contributed by atoms with Gasteiger partial charge < -0.3 is 10.1 Å². The molecule has 0 aliphatic carbocycles. The zero-order valence-electron chi connectivity index (χ0n) is 10.1. The Kier molecular flexibility index (Phi) is 6.03. The summed E-state index contributed by atoms with van der Waals surface area (Å²) in [6.45, 7) is 9.04. The normalized spacial score (nSPS) is 12.2. The van der Waals surface area contributed by atoms with E-state index in [0.717, 1.165) is 22.3 Å². The first-order valence-electron chi connectivity index (χ1n) is 5.53. The fourth-order valence-electron chi connectivity index (χ4n) is 1.56. The molecule has 1 aromatic rings. The van der Waals surface area contributed by atoms with E-state index in [0.29, 0.717) is 11.6 Å². The van der Waals surface area contributed by atoms with Gasteiger partial charge in [0.1, 0.15) is 12.4 Å². The van der Waals surface area contributed by atoms with Crippen LogP contribution < -0.4 is 10.1 Å². The molecule has 1 aromatic carbocycles. The molecule has 0 bridgehead atoms. The summed E-state index contributed by atoms with van der Waals surface area (Å²) >= 11 is 9.18. The molecule has 94 valence electrons. The van der Waals surface area contributed by atoms with E-state index >= 15 is 0 Å². The third kappa shape index (κ3) is 4.70. The van der Waals surface area contributed by atoms with Gasteiger partial charge >= 0.3 is 0 Å². The smallest absolute Gasteiger partial charge is 0.124 e. The summed E-state index contributed by atoms with van der Waals surface area (Å²) in [6, 6.07) is 6.18. The van der Waals surface area contributed by atoms with Crippen LogP contribution in [0.15, 0.2) is 34.3 Å². The van der Waals surface area contributed by atoms with Crippen molar-refractivity contribution in [2.75, 3.05) is 13.2 Å². The molecule has 0 aliphatic rings. The lowest BCUT2D eigenvalue weighted by molar-refractivity contribution is 0.351. The van der Waals surface area contributed by atoms with E-state index in [2.05, 4.69) is 47.7 Å². The first kappa shape index (κ1) is 14.6. The Morgan fingerprint density at radius 2 is 2.29 bits per heavy atom. The molecule has 1 atom stereocenters. The molecule has 1 unspecified atom stereocenters. The molecule has 17 heavy (non-hydrogen) atoms. The molecule has 0 heterocycles. The number of halogens is 2. The lowest BCUT2D eigenvalue weighted by Crippen LogP contribution is -2.18. The van der Waals surface area contributed by atoms with Gasteiger partial charge in [-0.2, -0.15) is 0 Å². The van der Waals surface area contributed by atoms with Gasteiger partial charge in [0.15, 0.2) is 0 Å². The van der Waals surface area contributed by atoms with E-state index in [1.807, 2.05) is 12.1 Å². The van der Waals surface area contributed by atoms with Crippen LogP contribution in [-0.4, -0.2) is 13.2 Å². The molecule has 0 amide bonds. The highest BCUT2D eigenvalue weighted by Crippen LogP contribution is 2.29. The van der Waals surface area contributed by atoms with Gasteiger partial charge in [-0.25, -0.2) is 0 Å². The van der Waals surface area contributed by atoms with Gasteiger partial charge in [0.25, 0.3) is 0 Å². The first-order chi connectivity index (χ1) is 8.04. The standard InChI is InChI=1S/C13H17BrClNO/c1-4-16-10(3)12-7-11(14)5-6-13(12)17-8-9(2)15/h5-7,10,16H,2,4,8H2,1,3H3. The van der Waals surface area contributed by atoms with Crippen LogP contribution in [0.2, 0.25) is 0 Å². The van der Waals surface area contributed by atoms with Gasteiger partial charge in [-0.3, -0.25) is 0 Å².